The van der Waals surface area contributed by atoms with Crippen LogP contribution in [-0.2, 0) is 11.3 Å². The topological polar surface area (TPSA) is 106 Å². The summed E-state index contributed by atoms with van der Waals surface area (Å²) in [5, 5.41) is 17.6. The highest BCUT2D eigenvalue weighted by Gasteiger charge is 2.30. The summed E-state index contributed by atoms with van der Waals surface area (Å²) < 4.78 is 2.60. The molecule has 26 heavy (non-hydrogen) atoms. The molecule has 0 bridgehead atoms. The molecule has 1 fully saturated rings. The molecule has 8 nitrogen and oxygen atoms in total. The number of aldehydes is 1. The van der Waals surface area contributed by atoms with Crippen LogP contribution < -0.4 is 10.9 Å². The first-order valence-corrected chi connectivity index (χ1v) is 8.49. The molecule has 1 amide bonds. The lowest BCUT2D eigenvalue weighted by molar-refractivity contribution is -0.104. The second-order valence-corrected chi connectivity index (χ2v) is 7.73. The van der Waals surface area contributed by atoms with Crippen molar-refractivity contribution in [3.8, 4) is 5.88 Å². The lowest BCUT2D eigenvalue weighted by Crippen LogP contribution is -2.35. The smallest absolute Gasteiger partial charge is 0.291 e. The van der Waals surface area contributed by atoms with E-state index in [0.29, 0.717) is 24.0 Å². The predicted molar refractivity (Wildman–Crippen MR) is 96.2 cm³/mol. The zero-order valence-electron chi connectivity index (χ0n) is 15.0. The lowest BCUT2D eigenvalue weighted by Gasteiger charge is -2.23. The van der Waals surface area contributed by atoms with Crippen LogP contribution in [0.3, 0.4) is 0 Å². The van der Waals surface area contributed by atoms with Gasteiger partial charge in [-0.25, -0.2) is 0 Å². The highest BCUT2D eigenvalue weighted by molar-refractivity contribution is 5.96. The molecular weight excluding hydrogens is 336 g/mol. The molecule has 0 aliphatic heterocycles. The molecule has 2 N–H and O–H groups in total. The van der Waals surface area contributed by atoms with E-state index in [9.17, 15) is 19.5 Å². The zero-order valence-corrected chi connectivity index (χ0v) is 15.0. The summed E-state index contributed by atoms with van der Waals surface area (Å²) in [6.07, 6.45) is 6.58. The molecule has 0 spiro atoms. The number of rotatable bonds is 5. The van der Waals surface area contributed by atoms with Crippen molar-refractivity contribution in [1.29, 1.82) is 0 Å². The second kappa shape index (κ2) is 6.44. The number of allylic oxidation sites excluding steroid dienone is 1. The molecule has 8 heteroatoms. The van der Waals surface area contributed by atoms with E-state index in [1.54, 1.807) is 0 Å². The Kier molecular flexibility index (Phi) is 4.43. The number of nitrogens with zero attached hydrogens (tertiary/aromatic N) is 3. The third-order valence-electron chi connectivity index (χ3n) is 4.04. The maximum Gasteiger partial charge on any atom is 0.291 e. The van der Waals surface area contributed by atoms with Crippen molar-refractivity contribution in [2.45, 2.75) is 46.2 Å². The number of amides is 1. The third kappa shape index (κ3) is 3.40. The van der Waals surface area contributed by atoms with Gasteiger partial charge in [0.25, 0.3) is 11.5 Å². The van der Waals surface area contributed by atoms with Gasteiger partial charge in [-0.05, 0) is 30.4 Å². The number of fused-ring (bicyclic) bond motifs is 1. The SMILES string of the molecule is CC(C)(C)Cn1c(O)c(C(=O)NC2CC2)c(=O)n2ncc(/C=C/C=O)c12. The average molecular weight is 358 g/mol. The molecular formula is C18H22N4O4. The first-order chi connectivity index (χ1) is 12.2. The Hall–Kier alpha value is -2.90. The van der Waals surface area contributed by atoms with E-state index in [4.69, 9.17) is 0 Å². The second-order valence-electron chi connectivity index (χ2n) is 7.73. The molecule has 0 atom stereocenters. The Morgan fingerprint density at radius 3 is 2.69 bits per heavy atom. The zero-order chi connectivity index (χ0) is 19.1. The van der Waals surface area contributed by atoms with Gasteiger partial charge in [0.1, 0.15) is 11.9 Å². The van der Waals surface area contributed by atoms with Crippen LogP contribution in [0.4, 0.5) is 0 Å². The van der Waals surface area contributed by atoms with E-state index in [-0.39, 0.29) is 17.0 Å². The highest BCUT2D eigenvalue weighted by Crippen LogP contribution is 2.27. The van der Waals surface area contributed by atoms with E-state index in [1.807, 2.05) is 20.8 Å². The van der Waals surface area contributed by atoms with E-state index in [1.165, 1.54) is 22.9 Å². The largest absolute Gasteiger partial charge is 0.494 e. The molecule has 2 aromatic rings. The van der Waals surface area contributed by atoms with Crippen molar-refractivity contribution in [3.63, 3.8) is 0 Å². The van der Waals surface area contributed by atoms with Crippen molar-refractivity contribution in [1.82, 2.24) is 19.5 Å². The van der Waals surface area contributed by atoms with Crippen LogP contribution in [0, 0.1) is 5.41 Å². The van der Waals surface area contributed by atoms with Crippen molar-refractivity contribution in [2.24, 2.45) is 5.41 Å². The van der Waals surface area contributed by atoms with Gasteiger partial charge in [0, 0.05) is 18.2 Å². The quantitative estimate of drug-likeness (QED) is 0.620. The number of nitrogens with one attached hydrogen (secondary N) is 1. The Morgan fingerprint density at radius 2 is 2.12 bits per heavy atom. The van der Waals surface area contributed by atoms with Crippen LogP contribution in [0.1, 0.15) is 49.5 Å². The van der Waals surface area contributed by atoms with Gasteiger partial charge in [-0.1, -0.05) is 20.8 Å². The van der Waals surface area contributed by atoms with Gasteiger partial charge < -0.3 is 10.4 Å². The fourth-order valence-corrected chi connectivity index (χ4v) is 2.78. The van der Waals surface area contributed by atoms with Crippen LogP contribution in [0.5, 0.6) is 5.88 Å². The van der Waals surface area contributed by atoms with Crippen molar-refractivity contribution >= 4 is 23.9 Å². The number of aromatic nitrogens is 3. The van der Waals surface area contributed by atoms with E-state index in [2.05, 4.69) is 10.4 Å². The molecule has 0 aromatic carbocycles. The average Bonchev–Trinajstić information content (AvgIpc) is 3.25. The van der Waals surface area contributed by atoms with Crippen LogP contribution in [-0.4, -0.2) is 37.5 Å². The summed E-state index contributed by atoms with van der Waals surface area (Å²) in [5.41, 5.74) is -0.409. The molecule has 3 rings (SSSR count). The van der Waals surface area contributed by atoms with Gasteiger partial charge >= 0.3 is 0 Å². The van der Waals surface area contributed by atoms with Gasteiger partial charge in [-0.15, -0.1) is 0 Å². The normalized spacial score (nSPS) is 14.9. The molecule has 138 valence electrons. The summed E-state index contributed by atoms with van der Waals surface area (Å²) in [6, 6.07) is 0.0526. The number of carbonyl (C=O) groups excluding carboxylic acids is 2. The van der Waals surface area contributed by atoms with Crippen LogP contribution in [0.15, 0.2) is 17.1 Å². The van der Waals surface area contributed by atoms with E-state index < -0.39 is 17.3 Å². The van der Waals surface area contributed by atoms with Gasteiger partial charge in [0.05, 0.1) is 6.20 Å². The molecule has 0 saturated heterocycles. The minimum Gasteiger partial charge on any atom is -0.494 e. The molecule has 0 unspecified atom stereocenters. The number of hydrogen-bond donors (Lipinski definition) is 2. The Bertz CT molecular complexity index is 958. The van der Waals surface area contributed by atoms with Gasteiger partial charge in [-0.2, -0.15) is 9.61 Å². The first kappa shape index (κ1) is 17.9. The molecule has 0 radical (unpaired) electrons. The number of aromatic hydroxyl groups is 1. The van der Waals surface area contributed by atoms with Crippen LogP contribution in [0.2, 0.25) is 0 Å². The van der Waals surface area contributed by atoms with Crippen molar-refractivity contribution < 1.29 is 14.7 Å². The predicted octanol–water partition coefficient (Wildman–Crippen LogP) is 1.35. The summed E-state index contributed by atoms with van der Waals surface area (Å²) in [7, 11) is 0. The molecule has 1 saturated carbocycles. The minimum atomic E-state index is -0.688. The van der Waals surface area contributed by atoms with Crippen LogP contribution >= 0.6 is 0 Å². The van der Waals surface area contributed by atoms with E-state index in [0.717, 1.165) is 17.4 Å². The van der Waals surface area contributed by atoms with E-state index >= 15 is 0 Å². The summed E-state index contributed by atoms with van der Waals surface area (Å²) in [6.45, 7) is 6.27. The maximum atomic E-state index is 12.8. The Balaban J connectivity index is 2.27. The van der Waals surface area contributed by atoms with Crippen molar-refractivity contribution in [3.05, 3.63) is 33.8 Å². The molecule has 1 aliphatic carbocycles. The lowest BCUT2D eigenvalue weighted by atomic mass is 9.96. The monoisotopic (exact) mass is 358 g/mol. The number of hydrogen-bond acceptors (Lipinski definition) is 5. The molecule has 2 aromatic heterocycles. The third-order valence-corrected chi connectivity index (χ3v) is 4.04. The fraction of sp³-hybridized carbons (Fsp3) is 0.444. The summed E-state index contributed by atoms with van der Waals surface area (Å²) in [4.78, 5) is 35.9. The van der Waals surface area contributed by atoms with Crippen LogP contribution in [0.25, 0.3) is 11.7 Å². The first-order valence-electron chi connectivity index (χ1n) is 8.49. The van der Waals surface area contributed by atoms with Gasteiger partial charge in [0.2, 0.25) is 5.88 Å². The Morgan fingerprint density at radius 1 is 1.42 bits per heavy atom. The van der Waals surface area contributed by atoms with Gasteiger partial charge in [0.15, 0.2) is 5.56 Å². The van der Waals surface area contributed by atoms with Gasteiger partial charge in [-0.3, -0.25) is 19.0 Å². The Labute approximate surface area is 150 Å². The summed E-state index contributed by atoms with van der Waals surface area (Å²) in [5.74, 6) is -0.989. The van der Waals surface area contributed by atoms with Crippen molar-refractivity contribution in [2.75, 3.05) is 0 Å². The maximum absolute atomic E-state index is 12.8. The minimum absolute atomic E-state index is 0.0526. The molecule has 1 aliphatic rings. The fourth-order valence-electron chi connectivity index (χ4n) is 2.78. The standard InChI is InChI=1S/C18H22N4O4/c1-18(2,3)10-21-15-11(5-4-8-23)9-19-22(15)17(26)13(16(21)25)14(24)20-12-6-7-12/h4-5,8-9,12,25H,6-7,10H2,1-3H3,(H,20,24)/b5-4+. The highest BCUT2D eigenvalue weighted by atomic mass is 16.3. The summed E-state index contributed by atoms with van der Waals surface area (Å²) >= 11 is 0. The molecule has 2 heterocycles. The number of carbonyl (C=O) groups is 2.